The summed E-state index contributed by atoms with van der Waals surface area (Å²) in [6.07, 6.45) is -1.11. The highest BCUT2D eigenvalue weighted by Crippen LogP contribution is 2.71. The highest BCUT2D eigenvalue weighted by Gasteiger charge is 2.77. The second kappa shape index (κ2) is 7.62. The molecule has 3 fully saturated rings. The average Bonchev–Trinajstić information content (AvgIpc) is 2.94. The van der Waals surface area contributed by atoms with Crippen LogP contribution in [-0.2, 0) is 23.9 Å². The van der Waals surface area contributed by atoms with Crippen molar-refractivity contribution < 1.29 is 47.0 Å². The molecule has 0 bridgehead atoms. The van der Waals surface area contributed by atoms with Crippen LogP contribution in [0.5, 0.6) is 0 Å². The van der Waals surface area contributed by atoms with E-state index in [1.807, 2.05) is 0 Å². The van der Waals surface area contributed by atoms with Gasteiger partial charge in [0.15, 0.2) is 17.4 Å². The van der Waals surface area contributed by atoms with Gasteiger partial charge in [-0.15, -0.1) is 0 Å². The Bertz CT molecular complexity index is 1080. The van der Waals surface area contributed by atoms with E-state index in [0.717, 1.165) is 6.26 Å². The van der Waals surface area contributed by atoms with E-state index >= 15 is 4.39 Å². The van der Waals surface area contributed by atoms with Crippen LogP contribution in [0.4, 0.5) is 4.39 Å². The van der Waals surface area contributed by atoms with Crippen molar-refractivity contribution in [2.24, 2.45) is 28.6 Å². The number of Topliss-reactive ketones (excluding diaryl/α,β-unsaturated/α-hetero) is 2. The lowest BCUT2D eigenvalue weighted by molar-refractivity contribution is -0.322. The number of hydrogen-bond acceptors (Lipinski definition) is 9. The van der Waals surface area contributed by atoms with Gasteiger partial charge in [0.2, 0.25) is 0 Å². The van der Waals surface area contributed by atoms with Gasteiger partial charge in [-0.1, -0.05) is 19.9 Å². The fourth-order valence-electron chi connectivity index (χ4n) is 7.82. The number of aliphatic hydroxyl groups is 4. The minimum absolute atomic E-state index is 0.0678. The largest absolute Gasteiger partial charge is 0.388 e. The number of ketones is 2. The molecule has 0 aromatic rings. The number of aliphatic hydroxyl groups excluding tert-OH is 1. The summed E-state index contributed by atoms with van der Waals surface area (Å²) in [5, 5.41) is 44.3. The zero-order chi connectivity index (χ0) is 25.7. The van der Waals surface area contributed by atoms with Crippen molar-refractivity contribution in [3.8, 4) is 0 Å². The molecule has 4 rings (SSSR count). The maximum absolute atomic E-state index is 15.8. The molecule has 4 N–H and O–H groups in total. The zero-order valence-corrected chi connectivity index (χ0v) is 21.5. The van der Waals surface area contributed by atoms with E-state index in [2.05, 4.69) is 15.9 Å². The molecule has 0 aromatic carbocycles. The topological polar surface area (TPSA) is 158 Å². The Morgan fingerprint density at radius 1 is 1.29 bits per heavy atom. The first kappa shape index (κ1) is 26.3. The molecule has 0 saturated heterocycles. The van der Waals surface area contributed by atoms with E-state index in [1.54, 1.807) is 0 Å². The molecule has 0 aliphatic heterocycles. The SMILES string of the molecule is C[C@]12CC(O)(OS(C)(=O)=O)[C@H]3[C@@H](CC(F)C4(O)CC(=O)C(Br)=C[C@]34C)[C@@H]1CC[C@]2(O)C(=O)CO. The molecule has 9 nitrogen and oxygen atoms in total. The van der Waals surface area contributed by atoms with Crippen LogP contribution in [0.15, 0.2) is 10.6 Å². The molecular formula is C22H30BrFO9S. The third kappa shape index (κ3) is 3.29. The van der Waals surface area contributed by atoms with E-state index in [0.29, 0.717) is 0 Å². The third-order valence-corrected chi connectivity index (χ3v) is 10.5. The lowest BCUT2D eigenvalue weighted by Gasteiger charge is -2.66. The van der Waals surface area contributed by atoms with Gasteiger partial charge in [0.05, 0.1) is 10.7 Å². The van der Waals surface area contributed by atoms with E-state index in [4.69, 9.17) is 4.18 Å². The minimum atomic E-state index is -4.31. The number of halogens is 2. The van der Waals surface area contributed by atoms with E-state index in [-0.39, 0.29) is 23.7 Å². The van der Waals surface area contributed by atoms with Gasteiger partial charge in [0, 0.05) is 29.6 Å². The summed E-state index contributed by atoms with van der Waals surface area (Å²) in [4.78, 5) is 25.0. The summed E-state index contributed by atoms with van der Waals surface area (Å²) in [5.41, 5.74) is -7.42. The summed E-state index contributed by atoms with van der Waals surface area (Å²) >= 11 is 3.15. The molecule has 0 heterocycles. The van der Waals surface area contributed by atoms with Gasteiger partial charge in [-0.2, -0.15) is 8.42 Å². The maximum atomic E-state index is 15.8. The first-order valence-corrected chi connectivity index (χ1v) is 13.8. The molecule has 4 aliphatic carbocycles. The number of hydrogen-bond donors (Lipinski definition) is 4. The van der Waals surface area contributed by atoms with E-state index < -0.39 is 92.9 Å². The lowest BCUT2D eigenvalue weighted by atomic mass is 9.42. The Labute approximate surface area is 205 Å². The number of carbonyl (C=O) groups is 2. The van der Waals surface area contributed by atoms with Crippen molar-refractivity contribution in [1.29, 1.82) is 0 Å². The first-order chi connectivity index (χ1) is 15.4. The predicted molar refractivity (Wildman–Crippen MR) is 120 cm³/mol. The van der Waals surface area contributed by atoms with Gasteiger partial charge in [0.1, 0.15) is 24.0 Å². The summed E-state index contributed by atoms with van der Waals surface area (Å²) in [6.45, 7) is 2.01. The molecular weight excluding hydrogens is 539 g/mol. The van der Waals surface area contributed by atoms with Gasteiger partial charge < -0.3 is 20.4 Å². The van der Waals surface area contributed by atoms with Gasteiger partial charge in [-0.25, -0.2) is 8.57 Å². The predicted octanol–water partition coefficient (Wildman–Crippen LogP) is 0.727. The first-order valence-electron chi connectivity index (χ1n) is 11.2. The van der Waals surface area contributed by atoms with Gasteiger partial charge in [-0.3, -0.25) is 9.59 Å². The number of alkyl halides is 1. The van der Waals surface area contributed by atoms with Gasteiger partial charge in [-0.05, 0) is 47.0 Å². The standard InChI is InChI=1S/C22H30BrFO9S/c1-18-7-13(23)14(26)8-21(18,29)15(24)6-11-12-4-5-20(28,16(27)9-25)19(12,2)10-22(30,17(11)18)33-34(3,31)32/h7,11-12,15,17,25,28-30H,4-6,8-10H2,1-3H3/t11-,12-,15?,17-,18+,19-,20-,21?,22?/m0/s1. The van der Waals surface area contributed by atoms with Crippen LogP contribution in [0.2, 0.25) is 0 Å². The summed E-state index contributed by atoms with van der Waals surface area (Å²) in [6, 6.07) is 0. The number of rotatable bonds is 4. The lowest BCUT2D eigenvalue weighted by Crippen LogP contribution is -2.74. The Kier molecular flexibility index (Phi) is 5.90. The Balaban J connectivity index is 1.97. The van der Waals surface area contributed by atoms with E-state index in [9.17, 15) is 38.4 Å². The Morgan fingerprint density at radius 3 is 2.47 bits per heavy atom. The molecule has 12 heteroatoms. The fourth-order valence-corrected chi connectivity index (χ4v) is 9.12. The number of fused-ring (bicyclic) bond motifs is 5. The molecule has 3 unspecified atom stereocenters. The molecule has 0 amide bonds. The van der Waals surface area contributed by atoms with Crippen LogP contribution in [0.3, 0.4) is 0 Å². The Morgan fingerprint density at radius 2 is 1.91 bits per heavy atom. The van der Waals surface area contributed by atoms with Gasteiger partial charge >= 0.3 is 0 Å². The van der Waals surface area contributed by atoms with Crippen molar-refractivity contribution in [3.63, 3.8) is 0 Å². The molecule has 0 aromatic heterocycles. The highest BCUT2D eigenvalue weighted by molar-refractivity contribution is 9.12. The van der Waals surface area contributed by atoms with Crippen molar-refractivity contribution in [2.45, 2.75) is 69.1 Å². The molecule has 34 heavy (non-hydrogen) atoms. The van der Waals surface area contributed by atoms with Crippen molar-refractivity contribution in [1.82, 2.24) is 0 Å². The average molecular weight is 569 g/mol. The number of allylic oxidation sites excluding steroid dienone is 1. The Hall–Kier alpha value is -0.760. The molecule has 9 atom stereocenters. The summed E-state index contributed by atoms with van der Waals surface area (Å²) in [5.74, 6) is -6.54. The maximum Gasteiger partial charge on any atom is 0.267 e. The second-order valence-corrected chi connectivity index (χ2v) is 13.4. The van der Waals surface area contributed by atoms with Crippen LogP contribution in [0.1, 0.15) is 46.0 Å². The number of carbonyl (C=O) groups excluding carboxylic acids is 2. The van der Waals surface area contributed by atoms with E-state index in [1.165, 1.54) is 19.9 Å². The van der Waals surface area contributed by atoms with Gasteiger partial charge in [0.25, 0.3) is 10.1 Å². The van der Waals surface area contributed by atoms with Crippen molar-refractivity contribution in [2.75, 3.05) is 12.9 Å². The minimum Gasteiger partial charge on any atom is -0.388 e. The third-order valence-electron chi connectivity index (χ3n) is 9.23. The molecule has 192 valence electrons. The second-order valence-electron chi connectivity index (χ2n) is 11.0. The normalized spacial score (nSPS) is 50.7. The zero-order valence-electron chi connectivity index (χ0n) is 19.1. The van der Waals surface area contributed by atoms with Crippen LogP contribution in [0.25, 0.3) is 0 Å². The van der Waals surface area contributed by atoms with Crippen LogP contribution >= 0.6 is 15.9 Å². The van der Waals surface area contributed by atoms with Crippen molar-refractivity contribution in [3.05, 3.63) is 10.6 Å². The molecule has 0 spiro atoms. The molecule has 4 aliphatic rings. The molecule has 3 saturated carbocycles. The van der Waals surface area contributed by atoms with Crippen LogP contribution in [0, 0.1) is 28.6 Å². The quantitative estimate of drug-likeness (QED) is 0.283. The monoisotopic (exact) mass is 568 g/mol. The fraction of sp³-hybridized carbons (Fsp3) is 0.818. The highest BCUT2D eigenvalue weighted by atomic mass is 79.9. The van der Waals surface area contributed by atoms with Crippen LogP contribution < -0.4 is 0 Å². The van der Waals surface area contributed by atoms with Crippen LogP contribution in [-0.4, -0.2) is 76.4 Å². The van der Waals surface area contributed by atoms with Crippen molar-refractivity contribution >= 4 is 37.6 Å². The summed E-state index contributed by atoms with van der Waals surface area (Å²) < 4.78 is 45.6. The molecule has 0 radical (unpaired) electrons. The smallest absolute Gasteiger partial charge is 0.267 e. The summed E-state index contributed by atoms with van der Waals surface area (Å²) in [7, 11) is -4.31.